The summed E-state index contributed by atoms with van der Waals surface area (Å²) in [4.78, 5) is 15.9. The number of rotatable bonds is 6. The second kappa shape index (κ2) is 13.9. The van der Waals surface area contributed by atoms with Crippen molar-refractivity contribution in [1.82, 2.24) is 0 Å². The fourth-order valence-corrected chi connectivity index (χ4v) is 6.92. The molecule has 1 aliphatic heterocycles. The molecule has 4 nitrogen and oxygen atoms in total. The molecule has 3 aromatic rings. The van der Waals surface area contributed by atoms with Crippen LogP contribution >= 0.6 is 19.4 Å². The Bertz CT molecular complexity index is 1260. The third-order valence-electron chi connectivity index (χ3n) is 6.69. The van der Waals surface area contributed by atoms with Crippen molar-refractivity contribution < 1.29 is 23.0 Å². The number of benzene rings is 3. The van der Waals surface area contributed by atoms with E-state index in [2.05, 4.69) is 82.3 Å². The van der Waals surface area contributed by atoms with Gasteiger partial charge in [-0.15, -0.1) is 0 Å². The number of halogens is 2. The summed E-state index contributed by atoms with van der Waals surface area (Å²) in [6, 6.07) is 16.5. The van der Waals surface area contributed by atoms with Crippen molar-refractivity contribution in [3.05, 3.63) is 94.1 Å². The number of Topliss-reactive ketones (excluding diaryl/α,β-unsaturated/α-hetero) is 1. The molecule has 0 N–H and O–H groups in total. The first-order valence-corrected chi connectivity index (χ1v) is 18.5. The van der Waals surface area contributed by atoms with Crippen molar-refractivity contribution in [2.45, 2.75) is 61.5 Å². The number of para-hydroxylation sites is 1. The fourth-order valence-electron chi connectivity index (χ4n) is 5.12. The van der Waals surface area contributed by atoms with E-state index in [-0.39, 0.29) is 5.78 Å². The van der Waals surface area contributed by atoms with E-state index >= 15 is 0 Å². The first kappa shape index (κ1) is 31.3. The number of anilines is 2. The maximum Gasteiger partial charge on any atom is 0.0146 e. The molecule has 0 bridgehead atoms. The van der Waals surface area contributed by atoms with E-state index in [0.29, 0.717) is 5.75 Å². The Labute approximate surface area is 247 Å². The number of ether oxygens (including phenoxy) is 1. The van der Waals surface area contributed by atoms with Crippen LogP contribution in [0, 0.1) is 48.2 Å². The maximum absolute atomic E-state index is 11.1. The van der Waals surface area contributed by atoms with Gasteiger partial charge in [-0.25, -0.2) is 0 Å². The first-order valence-electron chi connectivity index (χ1n) is 13.0. The van der Waals surface area contributed by atoms with Crippen LogP contribution < -0.4 is 14.5 Å². The minimum atomic E-state index is -1.88. The number of aryl methyl sites for hydroxylation is 6. The number of carbonyl (C=O) groups excluding carboxylic acids is 1. The number of nitrogens with zero attached hydrogens (tertiary/aromatic N) is 2. The van der Waals surface area contributed by atoms with E-state index in [0.717, 1.165) is 18.7 Å². The maximum atomic E-state index is 11.1. The fraction of sp³-hybridized carbons (Fsp3) is 0.344. The molecule has 1 aliphatic rings. The second-order valence-electron chi connectivity index (χ2n) is 10.2. The van der Waals surface area contributed by atoms with Gasteiger partial charge in [0, 0.05) is 24.5 Å². The van der Waals surface area contributed by atoms with Crippen LogP contribution in [0.2, 0.25) is 0 Å². The molecule has 0 amide bonds. The van der Waals surface area contributed by atoms with Gasteiger partial charge in [0.1, 0.15) is 0 Å². The van der Waals surface area contributed by atoms with Crippen LogP contribution in [0.1, 0.15) is 52.8 Å². The van der Waals surface area contributed by atoms with Crippen molar-refractivity contribution >= 4 is 41.1 Å². The summed E-state index contributed by atoms with van der Waals surface area (Å²) in [5, 5.41) is 0. The summed E-state index contributed by atoms with van der Waals surface area (Å²) < 4.78 is 7.33. The summed E-state index contributed by atoms with van der Waals surface area (Å²) >= 11 is -1.88. The van der Waals surface area contributed by atoms with Gasteiger partial charge in [-0.1, -0.05) is 35.4 Å². The number of hydrogen-bond acceptors (Lipinski definition) is 4. The molecular weight excluding hydrogens is 616 g/mol. The summed E-state index contributed by atoms with van der Waals surface area (Å²) in [7, 11) is 11.6. The summed E-state index contributed by atoms with van der Waals surface area (Å²) in [6.45, 7) is 20.8. The summed E-state index contributed by atoms with van der Waals surface area (Å²) in [6.07, 6.45) is -0.458. The van der Waals surface area contributed by atoms with Crippen molar-refractivity contribution in [2.24, 2.45) is 0 Å². The third kappa shape index (κ3) is 8.40. The van der Waals surface area contributed by atoms with Crippen LogP contribution in [0.3, 0.4) is 0 Å². The zero-order chi connectivity index (χ0) is 28.9. The van der Waals surface area contributed by atoms with Crippen molar-refractivity contribution in [1.29, 1.82) is 0 Å². The van der Waals surface area contributed by atoms with E-state index in [4.69, 9.17) is 24.1 Å². The molecule has 0 aliphatic carbocycles. The standard InChI is InChI=1S/C21H27N2.C11H12O2.2ClH.Ru/c1-14-9-16(3)20(17(4)10-14)22-7-8-23(13-22)21-18(5)11-15(2)12-19(21)6;1-8-6-4-5-7-11(8)13-10(3)9(2)12;;;/h9-13H,7-8H2,1-6H3;1,4-7,10H,2-3H3;2*1H;/q-1;;;;+2/p-2. The molecule has 212 valence electrons. The van der Waals surface area contributed by atoms with Crippen molar-refractivity contribution in [3.8, 4) is 5.75 Å². The monoisotopic (exact) mass is 655 g/mol. The molecule has 0 spiro atoms. The Balaban J connectivity index is 0.000000231. The van der Waals surface area contributed by atoms with Gasteiger partial charge < -0.3 is 9.80 Å². The molecule has 1 fully saturated rings. The Morgan fingerprint density at radius 3 is 1.72 bits per heavy atom. The zero-order valence-electron chi connectivity index (χ0n) is 24.1. The average molecular weight is 656 g/mol. The number of ketones is 1. The molecule has 39 heavy (non-hydrogen) atoms. The van der Waals surface area contributed by atoms with Gasteiger partial charge in [0.05, 0.1) is 0 Å². The van der Waals surface area contributed by atoms with E-state index in [1.165, 1.54) is 51.7 Å². The van der Waals surface area contributed by atoms with Gasteiger partial charge in [0.25, 0.3) is 0 Å². The predicted octanol–water partition coefficient (Wildman–Crippen LogP) is 8.10. The van der Waals surface area contributed by atoms with E-state index < -0.39 is 19.6 Å². The molecule has 1 saturated heterocycles. The van der Waals surface area contributed by atoms with Crippen LogP contribution in [-0.2, 0) is 18.3 Å². The van der Waals surface area contributed by atoms with E-state index in [1.807, 2.05) is 18.2 Å². The minimum absolute atomic E-state index is 0.0132. The Morgan fingerprint density at radius 1 is 0.872 bits per heavy atom. The summed E-state index contributed by atoms with van der Waals surface area (Å²) in [5.74, 6) is 0.630. The Morgan fingerprint density at radius 2 is 1.31 bits per heavy atom. The van der Waals surface area contributed by atoms with Crippen LogP contribution in [0.15, 0.2) is 48.5 Å². The quantitative estimate of drug-likeness (QED) is 0.199. The summed E-state index contributed by atoms with van der Waals surface area (Å²) in [5.41, 5.74) is 11.7. The number of carbonyl (C=O) groups is 1. The van der Waals surface area contributed by atoms with Gasteiger partial charge in [0.2, 0.25) is 0 Å². The SMILES string of the molecule is CC(=O)C(C)Oc1ccccc1[CH]=[Ru]([Cl])[Cl].Cc1cc(C)c(N2[CH-]N(c3c(C)cc(C)cc3C)CC2)c(C)c1. The first-order chi connectivity index (χ1) is 18.4. The van der Waals surface area contributed by atoms with E-state index in [9.17, 15) is 4.79 Å². The Hall–Kier alpha value is -2.20. The van der Waals surface area contributed by atoms with Gasteiger partial charge in [-0.3, -0.25) is 0 Å². The van der Waals surface area contributed by atoms with Crippen LogP contribution in [0.5, 0.6) is 5.75 Å². The molecular formula is C32H39Cl2N2O2Ru-. The Kier molecular flexibility index (Phi) is 11.2. The topological polar surface area (TPSA) is 32.8 Å². The molecule has 1 atom stereocenters. The predicted molar refractivity (Wildman–Crippen MR) is 164 cm³/mol. The number of hydrogen-bond donors (Lipinski definition) is 0. The largest absolute Gasteiger partial charge is 0.502 e. The van der Waals surface area contributed by atoms with Crippen molar-refractivity contribution in [3.63, 3.8) is 0 Å². The zero-order valence-corrected chi connectivity index (χ0v) is 27.3. The van der Waals surface area contributed by atoms with Gasteiger partial charge >= 0.3 is 108 Å². The second-order valence-corrected chi connectivity index (χ2v) is 15.9. The molecule has 1 heterocycles. The third-order valence-corrected chi connectivity index (χ3v) is 8.52. The van der Waals surface area contributed by atoms with Gasteiger partial charge in [-0.05, 0) is 63.8 Å². The van der Waals surface area contributed by atoms with Gasteiger partial charge in [0.15, 0.2) is 0 Å². The van der Waals surface area contributed by atoms with Crippen LogP contribution in [-0.4, -0.2) is 29.6 Å². The molecule has 0 saturated carbocycles. The molecule has 7 heteroatoms. The normalized spacial score (nSPS) is 13.9. The van der Waals surface area contributed by atoms with Crippen LogP contribution in [0.4, 0.5) is 11.4 Å². The van der Waals surface area contributed by atoms with E-state index in [1.54, 1.807) is 17.6 Å². The molecule has 0 radical (unpaired) electrons. The molecule has 0 aromatic heterocycles. The molecule has 3 aromatic carbocycles. The minimum Gasteiger partial charge on any atom is -0.502 e. The average Bonchev–Trinajstić information content (AvgIpc) is 3.28. The van der Waals surface area contributed by atoms with Crippen molar-refractivity contribution in [2.75, 3.05) is 22.9 Å². The molecule has 1 unspecified atom stereocenters. The van der Waals surface area contributed by atoms with Gasteiger partial charge in [-0.2, -0.15) is 6.67 Å². The molecule has 4 rings (SSSR count). The smallest absolute Gasteiger partial charge is 0.0146 e. The van der Waals surface area contributed by atoms with Crippen LogP contribution in [0.25, 0.3) is 0 Å².